The highest BCUT2D eigenvalue weighted by Crippen LogP contribution is 2.16. The lowest BCUT2D eigenvalue weighted by Gasteiger charge is -2.13. The maximum atomic E-state index is 11.6. The summed E-state index contributed by atoms with van der Waals surface area (Å²) in [6, 6.07) is 2.12. The Balaban J connectivity index is 1.53. The molecule has 0 unspecified atom stereocenters. The van der Waals surface area contributed by atoms with E-state index in [-0.39, 0.29) is 17.7 Å². The Kier molecular flexibility index (Phi) is 6.06. The lowest BCUT2D eigenvalue weighted by atomic mass is 10.4. The van der Waals surface area contributed by atoms with Crippen molar-refractivity contribution in [2.24, 2.45) is 0 Å². The summed E-state index contributed by atoms with van der Waals surface area (Å²) in [5.74, 6) is 2.61. The van der Waals surface area contributed by atoms with Crippen LogP contribution in [0.15, 0.2) is 16.8 Å². The van der Waals surface area contributed by atoms with Gasteiger partial charge in [-0.1, -0.05) is 11.8 Å². The Morgan fingerprint density at radius 3 is 3.11 bits per heavy atom. The van der Waals surface area contributed by atoms with Crippen molar-refractivity contribution in [1.29, 1.82) is 0 Å². The van der Waals surface area contributed by atoms with Crippen molar-refractivity contribution in [2.45, 2.75) is 5.75 Å². The van der Waals surface area contributed by atoms with Crippen LogP contribution in [0, 0.1) is 0 Å². The van der Waals surface area contributed by atoms with Crippen LogP contribution in [0.25, 0.3) is 0 Å². The van der Waals surface area contributed by atoms with E-state index >= 15 is 0 Å². The summed E-state index contributed by atoms with van der Waals surface area (Å²) < 4.78 is 0. The van der Waals surface area contributed by atoms with E-state index in [1.54, 1.807) is 28.0 Å². The second-order valence-electron chi connectivity index (χ2n) is 4.07. The Hall–Kier alpha value is -0.660. The third-order valence-corrected chi connectivity index (χ3v) is 5.25. The lowest BCUT2D eigenvalue weighted by Crippen LogP contribution is -2.38. The monoisotopic (exact) mass is 316 g/mol. The van der Waals surface area contributed by atoms with Crippen LogP contribution in [-0.4, -0.2) is 47.2 Å². The second kappa shape index (κ2) is 7.81. The molecule has 19 heavy (non-hydrogen) atoms. The van der Waals surface area contributed by atoms with E-state index in [0.29, 0.717) is 13.1 Å². The molecule has 1 saturated heterocycles. The zero-order valence-corrected chi connectivity index (χ0v) is 12.9. The van der Waals surface area contributed by atoms with Crippen LogP contribution in [0.2, 0.25) is 0 Å². The first-order valence-corrected chi connectivity index (χ1v) is 9.11. The van der Waals surface area contributed by atoms with Crippen LogP contribution in [-0.2, 0) is 10.5 Å². The summed E-state index contributed by atoms with van der Waals surface area (Å²) in [6.45, 7) is 1.54. The maximum Gasteiger partial charge on any atom is 0.282 e. The van der Waals surface area contributed by atoms with E-state index in [4.69, 9.17) is 0 Å². The van der Waals surface area contributed by atoms with Crippen LogP contribution in [0.1, 0.15) is 5.56 Å². The number of amides is 2. The lowest BCUT2D eigenvalue weighted by molar-refractivity contribution is -0.121. The van der Waals surface area contributed by atoms with Crippen LogP contribution in [0.4, 0.5) is 4.79 Å². The zero-order valence-electron chi connectivity index (χ0n) is 10.5. The first-order valence-electron chi connectivity index (χ1n) is 6.03. The largest absolute Gasteiger partial charge is 0.354 e. The molecule has 1 aromatic heterocycles. The van der Waals surface area contributed by atoms with Crippen molar-refractivity contribution in [1.82, 2.24) is 10.2 Å². The molecule has 1 aliphatic heterocycles. The number of nitrogens with zero attached hydrogens (tertiary/aromatic N) is 1. The summed E-state index contributed by atoms with van der Waals surface area (Å²) in [5.41, 5.74) is 1.33. The molecule has 0 atom stereocenters. The van der Waals surface area contributed by atoms with Gasteiger partial charge in [-0.25, -0.2) is 0 Å². The summed E-state index contributed by atoms with van der Waals surface area (Å²) in [6.07, 6.45) is 0. The molecular weight excluding hydrogens is 300 g/mol. The topological polar surface area (TPSA) is 49.4 Å². The number of hydrogen-bond donors (Lipinski definition) is 1. The Labute approximate surface area is 125 Å². The van der Waals surface area contributed by atoms with Crippen LogP contribution in [0.5, 0.6) is 0 Å². The normalized spacial score (nSPS) is 14.9. The van der Waals surface area contributed by atoms with Gasteiger partial charge in [0.1, 0.15) is 6.54 Å². The minimum Gasteiger partial charge on any atom is -0.354 e. The minimum absolute atomic E-state index is 0.0157. The summed E-state index contributed by atoms with van der Waals surface area (Å²) in [5, 5.41) is 7.08. The van der Waals surface area contributed by atoms with Gasteiger partial charge in [-0.05, 0) is 22.4 Å². The molecule has 104 valence electrons. The van der Waals surface area contributed by atoms with Gasteiger partial charge < -0.3 is 10.2 Å². The van der Waals surface area contributed by atoms with E-state index in [2.05, 4.69) is 22.1 Å². The summed E-state index contributed by atoms with van der Waals surface area (Å²) >= 11 is 4.79. The van der Waals surface area contributed by atoms with Gasteiger partial charge >= 0.3 is 0 Å². The molecule has 2 heterocycles. The smallest absolute Gasteiger partial charge is 0.282 e. The molecular formula is C12H16N2O2S3. The van der Waals surface area contributed by atoms with Gasteiger partial charge in [0.15, 0.2) is 0 Å². The van der Waals surface area contributed by atoms with Gasteiger partial charge in [0, 0.05) is 30.3 Å². The molecule has 0 bridgehead atoms. The number of carbonyl (C=O) groups excluding carboxylic acids is 2. The molecule has 1 aromatic rings. The standard InChI is InChI=1S/C12H16N2O2S3/c15-11(7-14-3-6-19-12(14)16)13-2-5-18-9-10-1-4-17-8-10/h1,4,8H,2-3,5-7,9H2,(H,13,15). The average molecular weight is 316 g/mol. The number of carbonyl (C=O) groups is 2. The third kappa shape index (κ3) is 5.08. The van der Waals surface area contributed by atoms with Crippen LogP contribution < -0.4 is 5.32 Å². The first kappa shape index (κ1) is 14.7. The Bertz CT molecular complexity index is 423. The molecule has 0 spiro atoms. The fourth-order valence-electron chi connectivity index (χ4n) is 1.63. The van der Waals surface area contributed by atoms with Gasteiger partial charge in [-0.2, -0.15) is 23.1 Å². The minimum atomic E-state index is -0.0630. The van der Waals surface area contributed by atoms with Gasteiger partial charge in [0.2, 0.25) is 5.91 Å². The zero-order chi connectivity index (χ0) is 13.5. The Morgan fingerprint density at radius 2 is 2.42 bits per heavy atom. The summed E-state index contributed by atoms with van der Waals surface area (Å²) in [7, 11) is 0. The molecule has 1 aliphatic rings. The number of rotatable bonds is 7. The highest BCUT2D eigenvalue weighted by Gasteiger charge is 2.22. The van der Waals surface area contributed by atoms with Gasteiger partial charge in [-0.15, -0.1) is 0 Å². The van der Waals surface area contributed by atoms with Crippen LogP contribution >= 0.6 is 34.9 Å². The quantitative estimate of drug-likeness (QED) is 0.784. The Morgan fingerprint density at radius 1 is 1.53 bits per heavy atom. The number of nitrogens with one attached hydrogen (secondary N) is 1. The fourth-order valence-corrected chi connectivity index (χ4v) is 4.03. The first-order chi connectivity index (χ1) is 9.25. The van der Waals surface area contributed by atoms with Crippen LogP contribution in [0.3, 0.4) is 0 Å². The van der Waals surface area contributed by atoms with Gasteiger partial charge in [-0.3, -0.25) is 9.59 Å². The van der Waals surface area contributed by atoms with Crippen molar-refractivity contribution < 1.29 is 9.59 Å². The summed E-state index contributed by atoms with van der Waals surface area (Å²) in [4.78, 5) is 24.5. The second-order valence-corrected chi connectivity index (χ2v) is 7.00. The molecule has 0 saturated carbocycles. The molecule has 4 nitrogen and oxygen atoms in total. The number of thioether (sulfide) groups is 2. The van der Waals surface area contributed by atoms with Gasteiger partial charge in [0.05, 0.1) is 0 Å². The van der Waals surface area contributed by atoms with Crippen molar-refractivity contribution >= 4 is 46.0 Å². The molecule has 1 fully saturated rings. The fraction of sp³-hybridized carbons (Fsp3) is 0.500. The maximum absolute atomic E-state index is 11.6. The van der Waals surface area contributed by atoms with E-state index in [1.807, 2.05) is 0 Å². The molecule has 1 N–H and O–H groups in total. The number of hydrogen-bond acceptors (Lipinski definition) is 5. The average Bonchev–Trinajstić information content (AvgIpc) is 3.02. The highest BCUT2D eigenvalue weighted by molar-refractivity contribution is 8.13. The molecule has 7 heteroatoms. The molecule has 0 aromatic carbocycles. The van der Waals surface area contributed by atoms with Crippen molar-refractivity contribution in [3.63, 3.8) is 0 Å². The van der Waals surface area contributed by atoms with Gasteiger partial charge in [0.25, 0.3) is 5.24 Å². The van der Waals surface area contributed by atoms with E-state index in [0.717, 1.165) is 17.3 Å². The third-order valence-electron chi connectivity index (χ3n) is 2.60. The molecule has 2 rings (SSSR count). The van der Waals surface area contributed by atoms with Crippen molar-refractivity contribution in [3.8, 4) is 0 Å². The predicted molar refractivity (Wildman–Crippen MR) is 82.9 cm³/mol. The van der Waals surface area contributed by atoms with Crippen molar-refractivity contribution in [2.75, 3.05) is 31.1 Å². The molecule has 0 aliphatic carbocycles. The predicted octanol–water partition coefficient (Wildman–Crippen LogP) is 2.27. The van der Waals surface area contributed by atoms with E-state index < -0.39 is 0 Å². The molecule has 0 radical (unpaired) electrons. The van der Waals surface area contributed by atoms with E-state index in [1.165, 1.54) is 17.3 Å². The highest BCUT2D eigenvalue weighted by atomic mass is 32.2. The SMILES string of the molecule is O=C(CN1CCSC1=O)NCCSCc1ccsc1. The number of thiophene rings is 1. The molecule has 2 amide bonds. The van der Waals surface area contributed by atoms with Crippen molar-refractivity contribution in [3.05, 3.63) is 22.4 Å². The van der Waals surface area contributed by atoms with E-state index in [9.17, 15) is 9.59 Å².